The fourth-order valence-corrected chi connectivity index (χ4v) is 3.06. The van der Waals surface area contributed by atoms with Gasteiger partial charge in [-0.05, 0) is 18.2 Å². The molecule has 3 aromatic rings. The third-order valence-corrected chi connectivity index (χ3v) is 4.33. The molecule has 0 unspecified atom stereocenters. The quantitative estimate of drug-likeness (QED) is 0.539. The number of carbonyl (C=O) groups excluding carboxylic acids is 1. The maximum Gasteiger partial charge on any atom is 0.279 e. The Bertz CT molecular complexity index is 942. The van der Waals surface area contributed by atoms with Gasteiger partial charge in [-0.15, -0.1) is 0 Å². The predicted octanol–water partition coefficient (Wildman–Crippen LogP) is 2.89. The number of hydrogen-bond donors (Lipinski definition) is 0. The number of thiazole rings is 1. The molecule has 0 spiro atoms. The summed E-state index contributed by atoms with van der Waals surface area (Å²) >= 11 is 1.32. The molecule has 1 heterocycles. The second kappa shape index (κ2) is 5.53. The van der Waals surface area contributed by atoms with Crippen LogP contribution >= 0.6 is 11.3 Å². The summed E-state index contributed by atoms with van der Waals surface area (Å²) in [6.07, 6.45) is 0. The summed E-state index contributed by atoms with van der Waals surface area (Å²) in [5, 5.41) is 10.8. The van der Waals surface area contributed by atoms with Crippen LogP contribution in [0.25, 0.3) is 10.2 Å². The molecule has 0 saturated carbocycles. The van der Waals surface area contributed by atoms with Gasteiger partial charge in [0.2, 0.25) is 0 Å². The molecule has 22 heavy (non-hydrogen) atoms. The molecule has 0 bridgehead atoms. The molecule has 110 valence electrons. The molecule has 1 amide bonds. The summed E-state index contributed by atoms with van der Waals surface area (Å²) in [4.78, 5) is 27.2. The Balaban J connectivity index is 2.12. The van der Waals surface area contributed by atoms with Gasteiger partial charge < -0.3 is 4.57 Å². The third kappa shape index (κ3) is 2.53. The minimum absolute atomic E-state index is 0.0156. The number of nitro groups is 1. The molecule has 7 heteroatoms. The third-order valence-electron chi connectivity index (χ3n) is 3.22. The standard InChI is InChI=1S/C15H11N3O3S/c1-17-12-9-11(18(20)21)7-8-13(12)22-15(17)16-14(19)10-5-3-2-4-6-10/h2-9H,1H3. The van der Waals surface area contributed by atoms with Gasteiger partial charge in [0.15, 0.2) is 4.80 Å². The Kier molecular flexibility index (Phi) is 3.56. The van der Waals surface area contributed by atoms with Crippen LogP contribution in [-0.2, 0) is 7.05 Å². The highest BCUT2D eigenvalue weighted by Gasteiger charge is 2.11. The molecule has 1 aromatic heterocycles. The van der Waals surface area contributed by atoms with Crippen molar-refractivity contribution in [3.63, 3.8) is 0 Å². The molecule has 6 nitrogen and oxygen atoms in total. The average molecular weight is 313 g/mol. The highest BCUT2D eigenvalue weighted by molar-refractivity contribution is 7.16. The van der Waals surface area contributed by atoms with E-state index >= 15 is 0 Å². The molecule has 0 aliphatic carbocycles. The molecular formula is C15H11N3O3S. The van der Waals surface area contributed by atoms with Crippen molar-refractivity contribution in [2.24, 2.45) is 12.0 Å². The number of aromatic nitrogens is 1. The zero-order valence-corrected chi connectivity index (χ0v) is 12.4. The van der Waals surface area contributed by atoms with Crippen molar-refractivity contribution in [1.29, 1.82) is 0 Å². The molecule has 2 aromatic carbocycles. The lowest BCUT2D eigenvalue weighted by molar-refractivity contribution is -0.384. The smallest absolute Gasteiger partial charge is 0.279 e. The number of nitro benzene ring substituents is 1. The first-order chi connectivity index (χ1) is 10.6. The van der Waals surface area contributed by atoms with Gasteiger partial charge in [0, 0.05) is 24.7 Å². The van der Waals surface area contributed by atoms with Gasteiger partial charge in [0.1, 0.15) is 0 Å². The zero-order valence-electron chi connectivity index (χ0n) is 11.6. The first-order valence-electron chi connectivity index (χ1n) is 6.44. The van der Waals surface area contributed by atoms with E-state index in [1.807, 2.05) is 6.07 Å². The molecule has 0 radical (unpaired) electrons. The Morgan fingerprint density at radius 1 is 1.23 bits per heavy atom. The second-order valence-corrected chi connectivity index (χ2v) is 5.64. The van der Waals surface area contributed by atoms with Crippen molar-refractivity contribution in [2.45, 2.75) is 0 Å². The number of fused-ring (bicyclic) bond motifs is 1. The first kappa shape index (κ1) is 14.2. The van der Waals surface area contributed by atoms with Crippen molar-refractivity contribution < 1.29 is 9.72 Å². The summed E-state index contributed by atoms with van der Waals surface area (Å²) < 4.78 is 2.53. The maximum absolute atomic E-state index is 12.1. The van der Waals surface area contributed by atoms with Crippen LogP contribution < -0.4 is 4.80 Å². The van der Waals surface area contributed by atoms with Crippen LogP contribution in [-0.4, -0.2) is 15.4 Å². The second-order valence-electron chi connectivity index (χ2n) is 4.64. The summed E-state index contributed by atoms with van der Waals surface area (Å²) in [5.41, 5.74) is 1.20. The van der Waals surface area contributed by atoms with Crippen LogP contribution in [0.5, 0.6) is 0 Å². The van der Waals surface area contributed by atoms with E-state index in [1.54, 1.807) is 41.9 Å². The van der Waals surface area contributed by atoms with Gasteiger partial charge in [0.05, 0.1) is 15.1 Å². The van der Waals surface area contributed by atoms with E-state index in [4.69, 9.17) is 0 Å². The summed E-state index contributed by atoms with van der Waals surface area (Å²) in [6, 6.07) is 13.4. The molecule has 0 atom stereocenters. The van der Waals surface area contributed by atoms with E-state index in [9.17, 15) is 14.9 Å². The topological polar surface area (TPSA) is 77.5 Å². The van der Waals surface area contributed by atoms with E-state index in [1.165, 1.54) is 23.5 Å². The van der Waals surface area contributed by atoms with Gasteiger partial charge in [-0.3, -0.25) is 14.9 Å². The van der Waals surface area contributed by atoms with Crippen LogP contribution in [0.2, 0.25) is 0 Å². The highest BCUT2D eigenvalue weighted by atomic mass is 32.1. The Hall–Kier alpha value is -2.80. The maximum atomic E-state index is 12.1. The first-order valence-corrected chi connectivity index (χ1v) is 7.26. The largest absolute Gasteiger partial charge is 0.319 e. The van der Waals surface area contributed by atoms with Crippen LogP contribution in [0.1, 0.15) is 10.4 Å². The molecular weight excluding hydrogens is 302 g/mol. The Morgan fingerprint density at radius 3 is 2.64 bits per heavy atom. The lowest BCUT2D eigenvalue weighted by Gasteiger charge is -1.96. The van der Waals surface area contributed by atoms with Gasteiger partial charge in [-0.2, -0.15) is 4.99 Å². The Morgan fingerprint density at radius 2 is 1.95 bits per heavy atom. The van der Waals surface area contributed by atoms with Crippen LogP contribution in [0.3, 0.4) is 0 Å². The fourth-order valence-electron chi connectivity index (χ4n) is 2.07. The number of benzene rings is 2. The molecule has 0 aliphatic heterocycles. The van der Waals surface area contributed by atoms with Gasteiger partial charge in [-0.1, -0.05) is 29.5 Å². The summed E-state index contributed by atoms with van der Waals surface area (Å²) in [7, 11) is 1.74. The minimum Gasteiger partial charge on any atom is -0.319 e. The predicted molar refractivity (Wildman–Crippen MR) is 83.8 cm³/mol. The number of aryl methyl sites for hydroxylation is 1. The van der Waals surface area contributed by atoms with Crippen molar-refractivity contribution in [3.8, 4) is 0 Å². The van der Waals surface area contributed by atoms with E-state index in [-0.39, 0.29) is 11.6 Å². The monoisotopic (exact) mass is 313 g/mol. The fraction of sp³-hybridized carbons (Fsp3) is 0.0667. The SMILES string of the molecule is Cn1c(=NC(=O)c2ccccc2)sc2ccc([N+](=O)[O-])cc21. The van der Waals surface area contributed by atoms with Crippen LogP contribution in [0.15, 0.2) is 53.5 Å². The number of amides is 1. The number of carbonyl (C=O) groups is 1. The number of hydrogen-bond acceptors (Lipinski definition) is 4. The number of non-ortho nitro benzene ring substituents is 1. The normalized spacial score (nSPS) is 11.8. The van der Waals surface area contributed by atoms with Crippen molar-refractivity contribution in [1.82, 2.24) is 4.57 Å². The number of rotatable bonds is 2. The molecule has 0 fully saturated rings. The molecule has 0 saturated heterocycles. The lowest BCUT2D eigenvalue weighted by atomic mass is 10.2. The zero-order chi connectivity index (χ0) is 15.7. The van der Waals surface area contributed by atoms with Crippen molar-refractivity contribution in [3.05, 3.63) is 69.0 Å². The average Bonchev–Trinajstić information content (AvgIpc) is 2.84. The minimum atomic E-state index is -0.441. The molecule has 3 rings (SSSR count). The van der Waals surface area contributed by atoms with E-state index in [2.05, 4.69) is 4.99 Å². The van der Waals surface area contributed by atoms with Gasteiger partial charge >= 0.3 is 0 Å². The van der Waals surface area contributed by atoms with Crippen LogP contribution in [0, 0.1) is 10.1 Å². The lowest BCUT2D eigenvalue weighted by Crippen LogP contribution is -2.13. The highest BCUT2D eigenvalue weighted by Crippen LogP contribution is 2.22. The molecule has 0 aliphatic rings. The molecule has 0 N–H and O–H groups in total. The summed E-state index contributed by atoms with van der Waals surface area (Å²) in [6.45, 7) is 0. The van der Waals surface area contributed by atoms with Crippen molar-refractivity contribution >= 4 is 33.1 Å². The van der Waals surface area contributed by atoms with E-state index in [0.717, 1.165) is 4.70 Å². The van der Waals surface area contributed by atoms with Gasteiger partial charge in [-0.25, -0.2) is 0 Å². The summed E-state index contributed by atoms with van der Waals surface area (Å²) in [5.74, 6) is -0.336. The van der Waals surface area contributed by atoms with E-state index in [0.29, 0.717) is 15.9 Å². The van der Waals surface area contributed by atoms with E-state index < -0.39 is 4.92 Å². The Labute approximate surface area is 129 Å². The van der Waals surface area contributed by atoms with Crippen LogP contribution in [0.4, 0.5) is 5.69 Å². The van der Waals surface area contributed by atoms with Gasteiger partial charge in [0.25, 0.3) is 11.6 Å². The number of nitrogens with zero attached hydrogens (tertiary/aromatic N) is 3. The van der Waals surface area contributed by atoms with Crippen molar-refractivity contribution in [2.75, 3.05) is 0 Å².